The van der Waals surface area contributed by atoms with E-state index in [1.165, 1.54) is 25.7 Å². The normalized spacial score (nSPS) is 17.5. The highest BCUT2D eigenvalue weighted by molar-refractivity contribution is 5.20. The first-order valence-electron chi connectivity index (χ1n) is 6.73. The molecule has 1 fully saturated rings. The van der Waals surface area contributed by atoms with Crippen molar-refractivity contribution in [1.29, 1.82) is 0 Å². The van der Waals surface area contributed by atoms with Crippen LogP contribution < -0.4 is 10.1 Å². The van der Waals surface area contributed by atoms with E-state index in [-0.39, 0.29) is 0 Å². The van der Waals surface area contributed by atoms with Gasteiger partial charge in [0.05, 0.1) is 0 Å². The van der Waals surface area contributed by atoms with Crippen LogP contribution >= 0.6 is 0 Å². The van der Waals surface area contributed by atoms with Crippen molar-refractivity contribution in [3.63, 3.8) is 0 Å². The lowest BCUT2D eigenvalue weighted by atomic mass is 9.67. The molecule has 0 saturated heterocycles. The Morgan fingerprint density at radius 1 is 1.24 bits per heavy atom. The van der Waals surface area contributed by atoms with E-state index in [2.05, 4.69) is 12.2 Å². The van der Waals surface area contributed by atoms with Crippen molar-refractivity contribution in [3.05, 3.63) is 30.3 Å². The zero-order valence-electron chi connectivity index (χ0n) is 10.7. The van der Waals surface area contributed by atoms with Crippen molar-refractivity contribution >= 4 is 0 Å². The first-order chi connectivity index (χ1) is 8.35. The average Bonchev–Trinajstić information content (AvgIpc) is 2.33. The van der Waals surface area contributed by atoms with Crippen molar-refractivity contribution < 1.29 is 4.74 Å². The van der Waals surface area contributed by atoms with Gasteiger partial charge in [-0.05, 0) is 36.8 Å². The second kappa shape index (κ2) is 6.06. The Kier molecular flexibility index (Phi) is 4.43. The molecule has 1 N–H and O–H groups in total. The second-order valence-corrected chi connectivity index (χ2v) is 5.05. The molecule has 94 valence electrons. The van der Waals surface area contributed by atoms with Crippen molar-refractivity contribution in [2.45, 2.75) is 32.6 Å². The summed E-state index contributed by atoms with van der Waals surface area (Å²) in [4.78, 5) is 0. The van der Waals surface area contributed by atoms with Crippen LogP contribution in [0.1, 0.15) is 32.6 Å². The molecule has 1 aromatic carbocycles. The highest BCUT2D eigenvalue weighted by Crippen LogP contribution is 2.42. The van der Waals surface area contributed by atoms with Crippen LogP contribution in [0.25, 0.3) is 0 Å². The molecule has 1 aliphatic rings. The number of hydrogen-bond acceptors (Lipinski definition) is 2. The van der Waals surface area contributed by atoms with Crippen LogP contribution in [0, 0.1) is 5.41 Å². The lowest BCUT2D eigenvalue weighted by Crippen LogP contribution is -2.40. The smallest absolute Gasteiger partial charge is 0.119 e. The topological polar surface area (TPSA) is 21.3 Å². The SMILES string of the molecule is CCC1(CNCCOc2ccccc2)CCC1. The molecule has 0 heterocycles. The molecule has 0 aromatic heterocycles. The van der Waals surface area contributed by atoms with Crippen molar-refractivity contribution in [3.8, 4) is 5.75 Å². The van der Waals surface area contributed by atoms with Crippen molar-refractivity contribution in [2.24, 2.45) is 5.41 Å². The Balaban J connectivity index is 1.58. The van der Waals surface area contributed by atoms with E-state index in [0.29, 0.717) is 5.41 Å². The molecule has 0 unspecified atom stereocenters. The van der Waals surface area contributed by atoms with Gasteiger partial charge >= 0.3 is 0 Å². The van der Waals surface area contributed by atoms with E-state index in [4.69, 9.17) is 4.74 Å². The fourth-order valence-electron chi connectivity index (χ4n) is 2.44. The van der Waals surface area contributed by atoms with Crippen LogP contribution in [0.5, 0.6) is 5.75 Å². The minimum atomic E-state index is 0.604. The van der Waals surface area contributed by atoms with Gasteiger partial charge in [-0.3, -0.25) is 0 Å². The summed E-state index contributed by atoms with van der Waals surface area (Å²) >= 11 is 0. The van der Waals surface area contributed by atoms with Crippen LogP contribution in [0.4, 0.5) is 0 Å². The summed E-state index contributed by atoms with van der Waals surface area (Å²) < 4.78 is 5.64. The minimum absolute atomic E-state index is 0.604. The first-order valence-corrected chi connectivity index (χ1v) is 6.73. The largest absolute Gasteiger partial charge is 0.492 e. The van der Waals surface area contributed by atoms with E-state index >= 15 is 0 Å². The molecule has 17 heavy (non-hydrogen) atoms. The van der Waals surface area contributed by atoms with Gasteiger partial charge < -0.3 is 10.1 Å². The lowest BCUT2D eigenvalue weighted by Gasteiger charge is -2.41. The van der Waals surface area contributed by atoms with E-state index in [9.17, 15) is 0 Å². The summed E-state index contributed by atoms with van der Waals surface area (Å²) in [6.45, 7) is 5.16. The van der Waals surface area contributed by atoms with Gasteiger partial charge in [0.15, 0.2) is 0 Å². The number of nitrogens with one attached hydrogen (secondary N) is 1. The van der Waals surface area contributed by atoms with Crippen molar-refractivity contribution in [1.82, 2.24) is 5.32 Å². The molecule has 0 bridgehead atoms. The minimum Gasteiger partial charge on any atom is -0.492 e. The molecular formula is C15H23NO. The summed E-state index contributed by atoms with van der Waals surface area (Å²) in [6, 6.07) is 10.0. The monoisotopic (exact) mass is 233 g/mol. The molecule has 0 spiro atoms. The van der Waals surface area contributed by atoms with Gasteiger partial charge in [-0.1, -0.05) is 31.5 Å². The van der Waals surface area contributed by atoms with Gasteiger partial charge in [0, 0.05) is 13.1 Å². The second-order valence-electron chi connectivity index (χ2n) is 5.05. The Labute approximate surface area is 104 Å². The van der Waals surface area contributed by atoms with Crippen LogP contribution in [-0.4, -0.2) is 19.7 Å². The van der Waals surface area contributed by atoms with Gasteiger partial charge in [0.25, 0.3) is 0 Å². The lowest BCUT2D eigenvalue weighted by molar-refractivity contribution is 0.122. The molecule has 1 aliphatic carbocycles. The summed E-state index contributed by atoms with van der Waals surface area (Å²) in [5.74, 6) is 0.961. The third kappa shape index (κ3) is 3.47. The molecule has 0 radical (unpaired) electrons. The molecule has 2 nitrogen and oxygen atoms in total. The predicted octanol–water partition coefficient (Wildman–Crippen LogP) is 3.24. The Morgan fingerprint density at radius 2 is 2.00 bits per heavy atom. The third-order valence-electron chi connectivity index (χ3n) is 3.95. The maximum Gasteiger partial charge on any atom is 0.119 e. The van der Waals surface area contributed by atoms with E-state index in [0.717, 1.165) is 25.4 Å². The Morgan fingerprint density at radius 3 is 2.59 bits per heavy atom. The Hall–Kier alpha value is -1.02. The maximum absolute atomic E-state index is 5.64. The van der Waals surface area contributed by atoms with Gasteiger partial charge in [-0.2, -0.15) is 0 Å². The molecule has 0 aliphatic heterocycles. The van der Waals surface area contributed by atoms with Gasteiger partial charge in [-0.15, -0.1) is 0 Å². The summed E-state index contributed by atoms with van der Waals surface area (Å²) in [5.41, 5.74) is 0.604. The predicted molar refractivity (Wildman–Crippen MR) is 71.4 cm³/mol. The molecule has 2 heteroatoms. The van der Waals surface area contributed by atoms with E-state index < -0.39 is 0 Å². The van der Waals surface area contributed by atoms with E-state index in [1.54, 1.807) is 0 Å². The number of ether oxygens (including phenoxy) is 1. The first kappa shape index (κ1) is 12.4. The summed E-state index contributed by atoms with van der Waals surface area (Å²) in [5, 5.41) is 3.52. The van der Waals surface area contributed by atoms with Gasteiger partial charge in [0.2, 0.25) is 0 Å². The summed E-state index contributed by atoms with van der Waals surface area (Å²) in [7, 11) is 0. The number of para-hydroxylation sites is 1. The fourth-order valence-corrected chi connectivity index (χ4v) is 2.44. The van der Waals surface area contributed by atoms with Crippen molar-refractivity contribution in [2.75, 3.05) is 19.7 Å². The average molecular weight is 233 g/mol. The molecular weight excluding hydrogens is 210 g/mol. The fraction of sp³-hybridized carbons (Fsp3) is 0.600. The van der Waals surface area contributed by atoms with Gasteiger partial charge in [0.1, 0.15) is 12.4 Å². The molecule has 0 amide bonds. The summed E-state index contributed by atoms with van der Waals surface area (Å²) in [6.07, 6.45) is 5.52. The molecule has 0 atom stereocenters. The number of rotatable bonds is 7. The Bertz CT molecular complexity index is 313. The maximum atomic E-state index is 5.64. The van der Waals surface area contributed by atoms with Crippen LogP contribution in [0.3, 0.4) is 0 Å². The molecule has 2 rings (SSSR count). The highest BCUT2D eigenvalue weighted by Gasteiger charge is 2.34. The zero-order chi connectivity index (χ0) is 12.0. The van der Waals surface area contributed by atoms with Gasteiger partial charge in [-0.25, -0.2) is 0 Å². The van der Waals surface area contributed by atoms with E-state index in [1.807, 2.05) is 30.3 Å². The number of hydrogen-bond donors (Lipinski definition) is 1. The quantitative estimate of drug-likeness (QED) is 0.730. The molecule has 1 saturated carbocycles. The van der Waals surface area contributed by atoms with Crippen LogP contribution in [0.15, 0.2) is 30.3 Å². The number of benzene rings is 1. The van der Waals surface area contributed by atoms with Crippen LogP contribution in [-0.2, 0) is 0 Å². The molecule has 1 aromatic rings. The third-order valence-corrected chi connectivity index (χ3v) is 3.95. The zero-order valence-corrected chi connectivity index (χ0v) is 10.7. The highest BCUT2D eigenvalue weighted by atomic mass is 16.5. The van der Waals surface area contributed by atoms with Crippen LogP contribution in [0.2, 0.25) is 0 Å². The standard InChI is InChI=1S/C15H23NO/c1-2-15(9-6-10-15)13-16-11-12-17-14-7-4-3-5-8-14/h3-5,7-8,16H,2,6,9-13H2,1H3.